The Morgan fingerprint density at radius 1 is 1.29 bits per heavy atom. The van der Waals surface area contributed by atoms with E-state index in [4.69, 9.17) is 0 Å². The Hall–Kier alpha value is -1.49. The molecule has 0 atom stereocenters. The number of amides is 1. The van der Waals surface area contributed by atoms with Gasteiger partial charge in [-0.1, -0.05) is 18.2 Å². The number of carbonyl (C=O) groups is 2. The lowest BCUT2D eigenvalue weighted by molar-refractivity contribution is -0.137. The van der Waals surface area contributed by atoms with Crippen molar-refractivity contribution in [1.82, 2.24) is 0 Å². The first kappa shape index (κ1) is 13.6. The average Bonchev–Trinajstić information content (AvgIpc) is 2.35. The molecule has 0 saturated carbocycles. The number of ether oxygens (including phenoxy) is 1. The van der Waals surface area contributed by atoms with Crippen LogP contribution in [-0.4, -0.2) is 30.5 Å². The van der Waals surface area contributed by atoms with E-state index < -0.39 is 0 Å². The summed E-state index contributed by atoms with van der Waals surface area (Å²) in [5, 5.41) is 2.78. The molecule has 0 aliphatic heterocycles. The van der Waals surface area contributed by atoms with E-state index >= 15 is 0 Å². The normalized spacial score (nSPS) is 9.71. The number of para-hydroxylation sites is 1. The van der Waals surface area contributed by atoms with Gasteiger partial charge >= 0.3 is 5.97 Å². The zero-order valence-electron chi connectivity index (χ0n) is 9.64. The number of nitrogens with one attached hydrogen (secondary N) is 1. The molecule has 0 unspecified atom stereocenters. The van der Waals surface area contributed by atoms with Gasteiger partial charge in [-0.3, -0.25) is 9.59 Å². The minimum Gasteiger partial charge on any atom is -0.468 e. The summed E-state index contributed by atoms with van der Waals surface area (Å²) in [6, 6.07) is 9.28. The highest BCUT2D eigenvalue weighted by Gasteiger charge is 2.04. The van der Waals surface area contributed by atoms with Gasteiger partial charge in [0, 0.05) is 17.9 Å². The molecule has 1 aromatic carbocycles. The lowest BCUT2D eigenvalue weighted by Crippen LogP contribution is -2.12. The van der Waals surface area contributed by atoms with Gasteiger partial charge in [0.25, 0.3) is 0 Å². The molecular formula is C12H15NO3S. The molecule has 0 aromatic heterocycles. The van der Waals surface area contributed by atoms with Gasteiger partial charge in [-0.25, -0.2) is 0 Å². The molecule has 1 rings (SSSR count). The summed E-state index contributed by atoms with van der Waals surface area (Å²) >= 11 is 1.39. The standard InChI is InChI=1S/C12H15NO3S/c1-16-12(15)9-17-8-7-11(14)13-10-5-3-2-4-6-10/h2-6H,7-9H2,1H3,(H,13,14). The van der Waals surface area contributed by atoms with Crippen LogP contribution in [0.2, 0.25) is 0 Å². The van der Waals surface area contributed by atoms with E-state index in [1.54, 1.807) is 0 Å². The van der Waals surface area contributed by atoms with Gasteiger partial charge in [0.15, 0.2) is 0 Å². The summed E-state index contributed by atoms with van der Waals surface area (Å²) in [4.78, 5) is 22.3. The maximum Gasteiger partial charge on any atom is 0.315 e. The first-order valence-corrected chi connectivity index (χ1v) is 6.37. The number of hydrogen-bond acceptors (Lipinski definition) is 4. The van der Waals surface area contributed by atoms with Crippen LogP contribution in [0.1, 0.15) is 6.42 Å². The number of hydrogen-bond donors (Lipinski definition) is 1. The summed E-state index contributed by atoms with van der Waals surface area (Å²) < 4.78 is 4.49. The number of anilines is 1. The highest BCUT2D eigenvalue weighted by atomic mass is 32.2. The highest BCUT2D eigenvalue weighted by Crippen LogP contribution is 2.07. The molecule has 0 aliphatic carbocycles. The van der Waals surface area contributed by atoms with Crippen molar-refractivity contribution in [3.63, 3.8) is 0 Å². The lowest BCUT2D eigenvalue weighted by Gasteiger charge is -2.04. The topological polar surface area (TPSA) is 55.4 Å². The van der Waals surface area contributed by atoms with E-state index in [1.165, 1.54) is 18.9 Å². The molecule has 17 heavy (non-hydrogen) atoms. The number of rotatable bonds is 6. The molecule has 4 nitrogen and oxygen atoms in total. The molecule has 92 valence electrons. The van der Waals surface area contributed by atoms with Crippen LogP contribution in [0.4, 0.5) is 5.69 Å². The molecule has 0 bridgehead atoms. The molecule has 0 heterocycles. The zero-order chi connectivity index (χ0) is 12.5. The molecule has 0 spiro atoms. The third-order valence-electron chi connectivity index (χ3n) is 1.98. The molecule has 1 N–H and O–H groups in total. The fraction of sp³-hybridized carbons (Fsp3) is 0.333. The predicted octanol–water partition coefficient (Wildman–Crippen LogP) is 1.92. The summed E-state index contributed by atoms with van der Waals surface area (Å²) in [5.74, 6) is 0.579. The van der Waals surface area contributed by atoms with Crippen LogP contribution in [0.5, 0.6) is 0 Å². The summed E-state index contributed by atoms with van der Waals surface area (Å²) in [6.07, 6.45) is 0.385. The number of methoxy groups -OCH3 is 1. The first-order chi connectivity index (χ1) is 8.22. The number of benzene rings is 1. The largest absolute Gasteiger partial charge is 0.468 e. The maximum absolute atomic E-state index is 11.5. The van der Waals surface area contributed by atoms with E-state index in [9.17, 15) is 9.59 Å². The molecule has 0 aliphatic rings. The van der Waals surface area contributed by atoms with Gasteiger partial charge in [-0.2, -0.15) is 0 Å². The third kappa shape index (κ3) is 5.97. The molecule has 0 fully saturated rings. The molecule has 1 aromatic rings. The van der Waals surface area contributed by atoms with Crippen LogP contribution in [-0.2, 0) is 14.3 Å². The Bertz CT molecular complexity index is 367. The summed E-state index contributed by atoms with van der Waals surface area (Å²) in [5.41, 5.74) is 0.787. The first-order valence-electron chi connectivity index (χ1n) is 5.22. The van der Waals surface area contributed by atoms with Crippen molar-refractivity contribution in [3.05, 3.63) is 30.3 Å². The maximum atomic E-state index is 11.5. The van der Waals surface area contributed by atoms with Crippen molar-refractivity contribution >= 4 is 29.3 Å². The number of carbonyl (C=O) groups excluding carboxylic acids is 2. The van der Waals surface area contributed by atoms with Gasteiger partial charge in [0.2, 0.25) is 5.91 Å². The van der Waals surface area contributed by atoms with Gasteiger partial charge in [-0.05, 0) is 12.1 Å². The Labute approximate surface area is 105 Å². The van der Waals surface area contributed by atoms with Crippen molar-refractivity contribution in [2.45, 2.75) is 6.42 Å². The third-order valence-corrected chi connectivity index (χ3v) is 2.91. The van der Waals surface area contributed by atoms with Crippen LogP contribution < -0.4 is 5.32 Å². The summed E-state index contributed by atoms with van der Waals surface area (Å²) in [7, 11) is 1.35. The van der Waals surface area contributed by atoms with Crippen LogP contribution in [0.3, 0.4) is 0 Å². The lowest BCUT2D eigenvalue weighted by atomic mass is 10.3. The second-order valence-electron chi connectivity index (χ2n) is 3.29. The molecular weight excluding hydrogens is 238 g/mol. The Kier molecular flexibility index (Phi) is 6.17. The van der Waals surface area contributed by atoms with Crippen molar-refractivity contribution in [2.75, 3.05) is 23.9 Å². The Morgan fingerprint density at radius 3 is 2.65 bits per heavy atom. The minimum atomic E-state index is -0.265. The van der Waals surface area contributed by atoms with Crippen LogP contribution in [0, 0.1) is 0 Å². The van der Waals surface area contributed by atoms with Gasteiger partial charge in [0.05, 0.1) is 12.9 Å². The smallest absolute Gasteiger partial charge is 0.315 e. The van der Waals surface area contributed by atoms with E-state index in [0.717, 1.165) is 5.69 Å². The average molecular weight is 253 g/mol. The van der Waals surface area contributed by atoms with Crippen molar-refractivity contribution in [1.29, 1.82) is 0 Å². The monoisotopic (exact) mass is 253 g/mol. The number of esters is 1. The van der Waals surface area contributed by atoms with Gasteiger partial charge in [-0.15, -0.1) is 11.8 Å². The van der Waals surface area contributed by atoms with E-state index in [-0.39, 0.29) is 17.6 Å². The van der Waals surface area contributed by atoms with E-state index in [2.05, 4.69) is 10.1 Å². The molecule has 0 saturated heterocycles. The van der Waals surface area contributed by atoms with Crippen LogP contribution in [0.15, 0.2) is 30.3 Å². The van der Waals surface area contributed by atoms with Crippen LogP contribution >= 0.6 is 11.8 Å². The molecule has 5 heteroatoms. The second kappa shape index (κ2) is 7.73. The zero-order valence-corrected chi connectivity index (χ0v) is 10.5. The second-order valence-corrected chi connectivity index (χ2v) is 4.40. The minimum absolute atomic E-state index is 0.0476. The van der Waals surface area contributed by atoms with Crippen LogP contribution in [0.25, 0.3) is 0 Å². The predicted molar refractivity (Wildman–Crippen MR) is 69.0 cm³/mol. The van der Waals surface area contributed by atoms with Crippen molar-refractivity contribution < 1.29 is 14.3 Å². The fourth-order valence-corrected chi connectivity index (χ4v) is 1.88. The summed E-state index contributed by atoms with van der Waals surface area (Å²) in [6.45, 7) is 0. The fourth-order valence-electron chi connectivity index (χ4n) is 1.12. The Morgan fingerprint density at radius 2 is 2.00 bits per heavy atom. The van der Waals surface area contributed by atoms with Gasteiger partial charge in [0.1, 0.15) is 0 Å². The van der Waals surface area contributed by atoms with Crippen molar-refractivity contribution in [3.8, 4) is 0 Å². The highest BCUT2D eigenvalue weighted by molar-refractivity contribution is 7.99. The quantitative estimate of drug-likeness (QED) is 0.621. The van der Waals surface area contributed by atoms with Crippen molar-refractivity contribution in [2.24, 2.45) is 0 Å². The molecule has 1 amide bonds. The molecule has 0 radical (unpaired) electrons. The Balaban J connectivity index is 2.16. The number of thioether (sulfide) groups is 1. The van der Waals surface area contributed by atoms with E-state index in [0.29, 0.717) is 12.2 Å². The van der Waals surface area contributed by atoms with Gasteiger partial charge < -0.3 is 10.1 Å². The van der Waals surface area contributed by atoms with E-state index in [1.807, 2.05) is 30.3 Å². The SMILES string of the molecule is COC(=O)CSCCC(=O)Nc1ccccc1.